The molecule has 1 aliphatic heterocycles. The summed E-state index contributed by atoms with van der Waals surface area (Å²) in [6.45, 7) is 3.18. The first-order valence-electron chi connectivity index (χ1n) is 10.8. The lowest BCUT2D eigenvalue weighted by atomic mass is 10.0. The fraction of sp³-hybridized carbons (Fsp3) is 0.375. The third-order valence-electron chi connectivity index (χ3n) is 6.00. The minimum Gasteiger partial charge on any atom is -0.374 e. The molecule has 176 valence electrons. The first kappa shape index (κ1) is 24.7. The molecule has 1 aliphatic rings. The Morgan fingerprint density at radius 3 is 2.58 bits per heavy atom. The van der Waals surface area contributed by atoms with E-state index in [2.05, 4.69) is 10.6 Å². The second kappa shape index (κ2) is 10.3. The summed E-state index contributed by atoms with van der Waals surface area (Å²) >= 11 is 0. The molecule has 1 unspecified atom stereocenters. The van der Waals surface area contributed by atoms with Crippen LogP contribution in [0.25, 0.3) is 0 Å². The average molecular weight is 475 g/mol. The molecule has 0 aliphatic carbocycles. The first-order chi connectivity index (χ1) is 15.7. The zero-order valence-electron chi connectivity index (χ0n) is 18.8. The molecular formula is C24H28F2N4O2S. The van der Waals surface area contributed by atoms with Gasteiger partial charge in [-0.3, -0.25) is 0 Å². The molecule has 2 aromatic rings. The van der Waals surface area contributed by atoms with Crippen LogP contribution in [0.5, 0.6) is 0 Å². The minimum absolute atomic E-state index is 0.0195. The van der Waals surface area contributed by atoms with Gasteiger partial charge in [0, 0.05) is 30.8 Å². The lowest BCUT2D eigenvalue weighted by molar-refractivity contribution is 0.278. The number of hydrogen-bond acceptors (Lipinski definition) is 5. The van der Waals surface area contributed by atoms with Gasteiger partial charge in [-0.25, -0.2) is 17.2 Å². The zero-order valence-corrected chi connectivity index (χ0v) is 19.7. The number of halogens is 2. The predicted octanol–water partition coefficient (Wildman–Crippen LogP) is 4.26. The topological polar surface area (TPSA) is 85.2 Å². The van der Waals surface area contributed by atoms with E-state index in [4.69, 9.17) is 5.26 Å². The highest BCUT2D eigenvalue weighted by atomic mass is 32.2. The summed E-state index contributed by atoms with van der Waals surface area (Å²) in [4.78, 5) is 0. The fourth-order valence-electron chi connectivity index (χ4n) is 4.14. The van der Waals surface area contributed by atoms with Crippen LogP contribution in [0.4, 0.5) is 8.78 Å². The van der Waals surface area contributed by atoms with Gasteiger partial charge in [-0.15, -0.1) is 0 Å². The number of nitrogens with zero attached hydrogens (tertiary/aromatic N) is 2. The Morgan fingerprint density at radius 1 is 1.24 bits per heavy atom. The van der Waals surface area contributed by atoms with Crippen LogP contribution in [0.3, 0.4) is 0 Å². The monoisotopic (exact) mass is 474 g/mol. The van der Waals surface area contributed by atoms with E-state index in [9.17, 15) is 12.8 Å². The number of benzene rings is 2. The molecule has 6 nitrogen and oxygen atoms in total. The van der Waals surface area contributed by atoms with E-state index in [-0.39, 0.29) is 23.7 Å². The largest absolute Gasteiger partial charge is 0.374 e. The second-order valence-corrected chi connectivity index (χ2v) is 10.3. The maximum absolute atomic E-state index is 15.0. The summed E-state index contributed by atoms with van der Waals surface area (Å²) in [6, 6.07) is 12.0. The van der Waals surface area contributed by atoms with Crippen LogP contribution in [-0.2, 0) is 16.6 Å². The Kier molecular flexibility index (Phi) is 7.72. The summed E-state index contributed by atoms with van der Waals surface area (Å²) in [7, 11) is -2.16. The Hall–Kier alpha value is -2.96. The predicted molar refractivity (Wildman–Crippen MR) is 123 cm³/mol. The maximum Gasteiger partial charge on any atom is 0.221 e. The van der Waals surface area contributed by atoms with Gasteiger partial charge >= 0.3 is 0 Å². The summed E-state index contributed by atoms with van der Waals surface area (Å²) in [6.07, 6.45) is 2.33. The van der Waals surface area contributed by atoms with Gasteiger partial charge in [-0.05, 0) is 44.4 Å². The van der Waals surface area contributed by atoms with Crippen molar-refractivity contribution >= 4 is 10.0 Å². The first-order valence-corrected chi connectivity index (χ1v) is 12.3. The molecule has 33 heavy (non-hydrogen) atoms. The minimum atomic E-state index is -3.76. The molecule has 0 radical (unpaired) electrons. The lowest BCUT2D eigenvalue weighted by Gasteiger charge is -2.37. The van der Waals surface area contributed by atoms with Crippen LogP contribution in [0.15, 0.2) is 54.4 Å². The van der Waals surface area contributed by atoms with Crippen LogP contribution >= 0.6 is 0 Å². The van der Waals surface area contributed by atoms with Gasteiger partial charge in [0.2, 0.25) is 10.0 Å². The normalized spacial score (nSPS) is 21.8. The highest BCUT2D eigenvalue weighted by Crippen LogP contribution is 2.38. The molecule has 2 aromatic carbocycles. The van der Waals surface area contributed by atoms with Crippen molar-refractivity contribution < 1.29 is 17.2 Å². The van der Waals surface area contributed by atoms with Crippen molar-refractivity contribution in [3.8, 4) is 6.07 Å². The summed E-state index contributed by atoms with van der Waals surface area (Å²) in [5, 5.41) is 13.8. The van der Waals surface area contributed by atoms with E-state index in [0.29, 0.717) is 24.2 Å². The zero-order chi connectivity index (χ0) is 24.2. The Balaban J connectivity index is 1.87. The van der Waals surface area contributed by atoms with E-state index < -0.39 is 32.9 Å². The Morgan fingerprint density at radius 2 is 1.94 bits per heavy atom. The van der Waals surface area contributed by atoms with Crippen molar-refractivity contribution in [2.75, 3.05) is 7.05 Å². The smallest absolute Gasteiger partial charge is 0.221 e. The summed E-state index contributed by atoms with van der Waals surface area (Å²) in [5.74, 6) is -0.964. The number of hydrogen-bond donors (Lipinski definition) is 2. The molecular weight excluding hydrogens is 446 g/mol. The Bertz CT molecular complexity index is 1160. The van der Waals surface area contributed by atoms with Crippen molar-refractivity contribution in [3.63, 3.8) is 0 Å². The molecule has 9 heteroatoms. The van der Waals surface area contributed by atoms with Crippen LogP contribution in [0.1, 0.15) is 54.7 Å². The van der Waals surface area contributed by atoms with E-state index in [1.807, 2.05) is 12.1 Å². The van der Waals surface area contributed by atoms with Gasteiger partial charge in [0.25, 0.3) is 0 Å². The molecule has 3 rings (SSSR count). The van der Waals surface area contributed by atoms with Gasteiger partial charge in [-0.2, -0.15) is 9.57 Å². The van der Waals surface area contributed by atoms with Crippen LogP contribution in [0, 0.1) is 23.0 Å². The third-order valence-corrected chi connectivity index (χ3v) is 8.37. The summed E-state index contributed by atoms with van der Waals surface area (Å²) < 4.78 is 58.0. The van der Waals surface area contributed by atoms with Crippen molar-refractivity contribution in [1.29, 1.82) is 5.26 Å². The van der Waals surface area contributed by atoms with Crippen molar-refractivity contribution in [1.82, 2.24) is 14.9 Å². The molecule has 0 bridgehead atoms. The molecule has 0 saturated carbocycles. The number of rotatable bonds is 7. The highest BCUT2D eigenvalue weighted by Gasteiger charge is 2.40. The molecule has 0 amide bonds. The van der Waals surface area contributed by atoms with E-state index in [1.165, 1.54) is 10.4 Å². The number of nitrogens with one attached hydrogen (secondary N) is 2. The van der Waals surface area contributed by atoms with Crippen molar-refractivity contribution in [2.45, 2.75) is 50.6 Å². The molecule has 1 heterocycles. The highest BCUT2D eigenvalue weighted by molar-refractivity contribution is 7.89. The van der Waals surface area contributed by atoms with E-state index in [1.54, 1.807) is 45.2 Å². The molecule has 3 atom stereocenters. The fourth-order valence-corrected chi connectivity index (χ4v) is 6.33. The SMILES string of the molecule is CN/C(=C\C#N)NC(C)c1cc(F)c(CN2[C@@H](C)CC[C@H](c3ccccc3)S2(=O)=O)cc1F. The molecule has 1 saturated heterocycles. The van der Waals surface area contributed by atoms with Crippen molar-refractivity contribution in [2.24, 2.45) is 0 Å². The van der Waals surface area contributed by atoms with Gasteiger partial charge < -0.3 is 10.6 Å². The number of nitriles is 1. The van der Waals surface area contributed by atoms with Crippen LogP contribution in [0.2, 0.25) is 0 Å². The molecule has 0 aromatic heterocycles. The van der Waals surface area contributed by atoms with Crippen LogP contribution < -0.4 is 10.6 Å². The van der Waals surface area contributed by atoms with E-state index >= 15 is 4.39 Å². The molecule has 2 N–H and O–H groups in total. The van der Waals surface area contributed by atoms with E-state index in [0.717, 1.165) is 12.1 Å². The average Bonchev–Trinajstić information content (AvgIpc) is 2.78. The van der Waals surface area contributed by atoms with Crippen molar-refractivity contribution in [3.05, 3.63) is 82.7 Å². The number of allylic oxidation sites excluding steroid dienone is 1. The second-order valence-electron chi connectivity index (χ2n) is 8.18. The molecule has 0 spiro atoms. The van der Waals surface area contributed by atoms with Gasteiger partial charge in [0.05, 0.1) is 18.2 Å². The van der Waals surface area contributed by atoms with Gasteiger partial charge in [0.15, 0.2) is 0 Å². The maximum atomic E-state index is 15.0. The lowest BCUT2D eigenvalue weighted by Crippen LogP contribution is -2.44. The summed E-state index contributed by atoms with van der Waals surface area (Å²) in [5.41, 5.74) is 0.753. The quantitative estimate of drug-likeness (QED) is 0.586. The standard InChI is InChI=1S/C24H28F2N4O2S/c1-16-9-10-23(18-7-5-4-6-8-18)33(31,32)30(16)15-19-13-22(26)20(14-21(19)25)17(2)29-24(28-3)11-12-27/h4-8,11,13-14,16-17,23,28-29H,9-10,15H2,1-3H3/b24-11+/t16-,17?,23+/m0/s1. The number of sulfonamides is 1. The van der Waals surface area contributed by atoms with Gasteiger partial charge in [-0.1, -0.05) is 30.3 Å². The van der Waals surface area contributed by atoms with Crippen LogP contribution in [-0.4, -0.2) is 25.8 Å². The van der Waals surface area contributed by atoms with Gasteiger partial charge in [0.1, 0.15) is 22.7 Å². The third kappa shape index (κ3) is 5.34. The Labute approximate surface area is 194 Å². The molecule has 1 fully saturated rings.